The van der Waals surface area contributed by atoms with Crippen molar-refractivity contribution in [1.82, 2.24) is 14.5 Å². The van der Waals surface area contributed by atoms with E-state index in [1.165, 1.54) is 18.2 Å². The Hall–Kier alpha value is -3.51. The van der Waals surface area contributed by atoms with E-state index in [4.69, 9.17) is 5.11 Å². The molecule has 2 atom stereocenters. The molecule has 2 heterocycles. The third kappa shape index (κ3) is 6.93. The lowest BCUT2D eigenvalue weighted by atomic mass is 9.70. The van der Waals surface area contributed by atoms with E-state index in [0.717, 1.165) is 18.6 Å². The van der Waals surface area contributed by atoms with Gasteiger partial charge >= 0.3 is 18.5 Å². The number of hydrogen-bond acceptors (Lipinski definition) is 5. The van der Waals surface area contributed by atoms with E-state index >= 15 is 0 Å². The van der Waals surface area contributed by atoms with Crippen LogP contribution in [0.3, 0.4) is 0 Å². The summed E-state index contributed by atoms with van der Waals surface area (Å²) in [5.41, 5.74) is -1.07. The fourth-order valence-corrected chi connectivity index (χ4v) is 5.53. The Morgan fingerprint density at radius 3 is 2.36 bits per heavy atom. The number of nitrogens with one attached hydrogen (secondary N) is 1. The Morgan fingerprint density at radius 1 is 1.13 bits per heavy atom. The van der Waals surface area contributed by atoms with Crippen LogP contribution in [0, 0.1) is 11.3 Å². The standard InChI is InChI=1S/C26H28F6N4O3/c1-14-10-17(13-24(2,3)12-14)36-22-19(11-15(4-9-20(37)38)21(35-22)25(27,28)29)34-23(36)33-16-5-7-18(8-6-16)39-26(30,31)32/h5-8,11,14,17H,4,9-10,12-13H2,1-3H3,(H,33,34)(H,37,38)/t14-,17+/m0/s1. The fourth-order valence-electron chi connectivity index (χ4n) is 5.53. The summed E-state index contributed by atoms with van der Waals surface area (Å²) in [6, 6.07) is 5.85. The van der Waals surface area contributed by atoms with Crippen LogP contribution in [-0.2, 0) is 17.4 Å². The SMILES string of the molecule is C[C@H]1C[C@@H](n2c(Nc3ccc(OC(F)(F)F)cc3)nc3cc(CCC(=O)O)c(C(F)(F)F)nc32)CC(C)(C)C1. The van der Waals surface area contributed by atoms with Crippen molar-refractivity contribution in [3.8, 4) is 5.75 Å². The molecule has 39 heavy (non-hydrogen) atoms. The molecule has 2 N–H and O–H groups in total. The Morgan fingerprint density at radius 2 is 1.79 bits per heavy atom. The zero-order chi connectivity index (χ0) is 28.8. The second-order valence-electron chi connectivity index (χ2n) is 10.8. The van der Waals surface area contributed by atoms with Crippen LogP contribution in [0.15, 0.2) is 30.3 Å². The summed E-state index contributed by atoms with van der Waals surface area (Å²) in [5.74, 6) is -1.23. The van der Waals surface area contributed by atoms with Crippen molar-refractivity contribution in [2.24, 2.45) is 11.3 Å². The number of carbonyl (C=O) groups is 1. The maximum absolute atomic E-state index is 14.0. The molecule has 1 aromatic carbocycles. The summed E-state index contributed by atoms with van der Waals surface area (Å²) < 4.78 is 85.2. The lowest BCUT2D eigenvalue weighted by Gasteiger charge is -2.40. The Kier molecular flexibility index (Phi) is 7.48. The highest BCUT2D eigenvalue weighted by atomic mass is 19.4. The number of aliphatic carboxylic acids is 1. The Bertz CT molecular complexity index is 1350. The van der Waals surface area contributed by atoms with Gasteiger partial charge in [-0.2, -0.15) is 13.2 Å². The highest BCUT2D eigenvalue weighted by molar-refractivity contribution is 5.78. The van der Waals surface area contributed by atoms with Gasteiger partial charge in [-0.05, 0) is 72.9 Å². The number of ether oxygens (including phenoxy) is 1. The maximum atomic E-state index is 14.0. The number of fused-ring (bicyclic) bond motifs is 1. The number of nitrogens with zero attached hydrogens (tertiary/aromatic N) is 3. The van der Waals surface area contributed by atoms with Crippen molar-refractivity contribution in [3.63, 3.8) is 0 Å². The van der Waals surface area contributed by atoms with Crippen LogP contribution in [0.5, 0.6) is 5.75 Å². The van der Waals surface area contributed by atoms with Crippen molar-refractivity contribution in [3.05, 3.63) is 41.6 Å². The molecule has 7 nitrogen and oxygen atoms in total. The number of pyridine rings is 1. The number of benzene rings is 1. The van der Waals surface area contributed by atoms with Crippen LogP contribution in [0.1, 0.15) is 63.8 Å². The number of imidazole rings is 1. The summed E-state index contributed by atoms with van der Waals surface area (Å²) in [7, 11) is 0. The first-order valence-electron chi connectivity index (χ1n) is 12.3. The van der Waals surface area contributed by atoms with E-state index in [1.54, 1.807) is 4.57 Å². The Balaban J connectivity index is 1.83. The summed E-state index contributed by atoms with van der Waals surface area (Å²) in [4.78, 5) is 19.6. The molecule has 1 aliphatic carbocycles. The molecule has 1 saturated carbocycles. The molecule has 0 aliphatic heterocycles. The number of rotatable bonds is 7. The highest BCUT2D eigenvalue weighted by Crippen LogP contribution is 2.46. The summed E-state index contributed by atoms with van der Waals surface area (Å²) in [6.07, 6.45) is -8.34. The third-order valence-electron chi connectivity index (χ3n) is 6.69. The molecule has 0 spiro atoms. The molecule has 1 fully saturated rings. The number of carboxylic acids is 1. The van der Waals surface area contributed by atoms with Crippen molar-refractivity contribution in [2.45, 2.75) is 71.5 Å². The molecule has 0 saturated heterocycles. The quantitative estimate of drug-likeness (QED) is 0.292. The number of halogens is 6. The van der Waals surface area contributed by atoms with Gasteiger partial charge in [-0.1, -0.05) is 20.8 Å². The summed E-state index contributed by atoms with van der Waals surface area (Å²) in [5, 5.41) is 12.0. The zero-order valence-corrected chi connectivity index (χ0v) is 21.5. The van der Waals surface area contributed by atoms with E-state index < -0.39 is 36.4 Å². The van der Waals surface area contributed by atoms with Gasteiger partial charge in [0, 0.05) is 18.2 Å². The van der Waals surface area contributed by atoms with E-state index in [2.05, 4.69) is 40.8 Å². The van der Waals surface area contributed by atoms with Gasteiger partial charge < -0.3 is 15.2 Å². The number of hydrogen-bond donors (Lipinski definition) is 2. The van der Waals surface area contributed by atoms with Crippen molar-refractivity contribution in [2.75, 3.05) is 5.32 Å². The molecule has 1 aliphatic rings. The number of aryl methyl sites for hydroxylation is 1. The van der Waals surface area contributed by atoms with Gasteiger partial charge in [0.15, 0.2) is 5.65 Å². The normalized spacial score (nSPS) is 19.7. The van der Waals surface area contributed by atoms with Crippen LogP contribution >= 0.6 is 0 Å². The van der Waals surface area contributed by atoms with Crippen LogP contribution in [0.25, 0.3) is 11.2 Å². The number of carboxylic acid groups (broad SMARTS) is 1. The van der Waals surface area contributed by atoms with Crippen LogP contribution in [0.4, 0.5) is 38.0 Å². The van der Waals surface area contributed by atoms with Gasteiger partial charge in [0.25, 0.3) is 0 Å². The summed E-state index contributed by atoms with van der Waals surface area (Å²) >= 11 is 0. The molecule has 3 aromatic rings. The molecule has 13 heteroatoms. The second kappa shape index (κ2) is 10.2. The van der Waals surface area contributed by atoms with Gasteiger partial charge in [-0.3, -0.25) is 9.36 Å². The van der Waals surface area contributed by atoms with Crippen LogP contribution in [-0.4, -0.2) is 32.0 Å². The maximum Gasteiger partial charge on any atom is 0.573 e. The largest absolute Gasteiger partial charge is 0.573 e. The van der Waals surface area contributed by atoms with Crippen molar-refractivity contribution < 1.29 is 41.0 Å². The van der Waals surface area contributed by atoms with Gasteiger partial charge in [0.05, 0.1) is 0 Å². The molecule has 4 rings (SSSR count). The zero-order valence-electron chi connectivity index (χ0n) is 21.5. The average molecular weight is 559 g/mol. The van der Waals surface area contributed by atoms with Crippen molar-refractivity contribution >= 4 is 28.8 Å². The topological polar surface area (TPSA) is 89.3 Å². The monoisotopic (exact) mass is 558 g/mol. The molecule has 0 bridgehead atoms. The third-order valence-corrected chi connectivity index (χ3v) is 6.69. The number of alkyl halides is 6. The minimum absolute atomic E-state index is 0.00387. The van der Waals surface area contributed by atoms with E-state index in [1.807, 2.05) is 0 Å². The Labute approximate surface area is 220 Å². The fraction of sp³-hybridized carbons (Fsp3) is 0.500. The molecule has 2 aromatic heterocycles. The molecule has 212 valence electrons. The number of aromatic nitrogens is 3. The molecular formula is C26H28F6N4O3. The smallest absolute Gasteiger partial charge is 0.481 e. The van der Waals surface area contributed by atoms with E-state index in [-0.39, 0.29) is 46.5 Å². The van der Waals surface area contributed by atoms with Crippen LogP contribution in [0.2, 0.25) is 0 Å². The lowest BCUT2D eigenvalue weighted by Crippen LogP contribution is -2.30. The first kappa shape index (κ1) is 28.5. The molecular weight excluding hydrogens is 530 g/mol. The first-order chi connectivity index (χ1) is 18.0. The lowest BCUT2D eigenvalue weighted by molar-refractivity contribution is -0.274. The predicted molar refractivity (Wildman–Crippen MR) is 131 cm³/mol. The van der Waals surface area contributed by atoms with Crippen molar-refractivity contribution in [1.29, 1.82) is 0 Å². The van der Waals surface area contributed by atoms with Gasteiger partial charge in [0.1, 0.15) is 17.0 Å². The minimum atomic E-state index is -4.85. The van der Waals surface area contributed by atoms with Gasteiger partial charge in [-0.15, -0.1) is 13.2 Å². The first-order valence-corrected chi connectivity index (χ1v) is 12.3. The number of anilines is 2. The van der Waals surface area contributed by atoms with Crippen LogP contribution < -0.4 is 10.1 Å². The molecule has 0 unspecified atom stereocenters. The van der Waals surface area contributed by atoms with Gasteiger partial charge in [-0.25, -0.2) is 9.97 Å². The molecule has 0 radical (unpaired) electrons. The average Bonchev–Trinajstić information content (AvgIpc) is 3.12. The second-order valence-corrected chi connectivity index (χ2v) is 10.8. The van der Waals surface area contributed by atoms with E-state index in [9.17, 15) is 31.1 Å². The van der Waals surface area contributed by atoms with Gasteiger partial charge in [0.2, 0.25) is 5.95 Å². The highest BCUT2D eigenvalue weighted by Gasteiger charge is 2.39. The van der Waals surface area contributed by atoms with E-state index in [0.29, 0.717) is 18.5 Å². The summed E-state index contributed by atoms with van der Waals surface area (Å²) in [6.45, 7) is 6.23. The minimum Gasteiger partial charge on any atom is -0.481 e. The molecule has 0 amide bonds. The predicted octanol–water partition coefficient (Wildman–Crippen LogP) is 7.50.